The minimum absolute atomic E-state index is 0.189. The molecule has 2 N–H and O–H groups in total. The number of imide groups is 1. The number of piperidine rings is 1. The molecule has 2 aromatic rings. The van der Waals surface area contributed by atoms with Gasteiger partial charge in [-0.25, -0.2) is 4.98 Å². The van der Waals surface area contributed by atoms with Crippen molar-refractivity contribution in [3.05, 3.63) is 62.9 Å². The highest BCUT2D eigenvalue weighted by Crippen LogP contribution is 2.18. The minimum atomic E-state index is -0.511. The number of likely N-dealkylation sites (N-methyl/N-ethyl adjacent to an activating group) is 1. The van der Waals surface area contributed by atoms with Crippen molar-refractivity contribution in [3.8, 4) is 11.8 Å². The summed E-state index contributed by atoms with van der Waals surface area (Å²) in [5.74, 6) is 3.95. The number of benzene rings is 1. The number of halogens is 2. The average molecular weight is 487 g/mol. The van der Waals surface area contributed by atoms with E-state index in [1.165, 1.54) is 12.3 Å². The molecular weight excluding hydrogens is 467 g/mol. The fraction of sp³-hybridized carbons (Fsp3) is 0.261. The molecule has 170 valence electrons. The third kappa shape index (κ3) is 6.62. The molecule has 8 nitrogen and oxygen atoms in total. The normalized spacial score (nSPS) is 15.5. The molecule has 1 aliphatic heterocycles. The number of hydrogen-bond donors (Lipinski definition) is 2. The van der Waals surface area contributed by atoms with Crippen LogP contribution in [0.1, 0.15) is 39.9 Å². The fourth-order valence-corrected chi connectivity index (χ4v) is 3.77. The van der Waals surface area contributed by atoms with E-state index >= 15 is 0 Å². The van der Waals surface area contributed by atoms with Gasteiger partial charge in [0.1, 0.15) is 11.4 Å². The van der Waals surface area contributed by atoms with E-state index in [2.05, 4.69) is 27.5 Å². The second-order valence-electron chi connectivity index (χ2n) is 7.45. The van der Waals surface area contributed by atoms with E-state index in [4.69, 9.17) is 23.2 Å². The van der Waals surface area contributed by atoms with Gasteiger partial charge in [0.2, 0.25) is 11.8 Å². The Morgan fingerprint density at radius 3 is 2.82 bits per heavy atom. The maximum atomic E-state index is 12.1. The third-order valence-electron chi connectivity index (χ3n) is 5.08. The highest BCUT2D eigenvalue weighted by Gasteiger charge is 2.30. The molecule has 10 heteroatoms. The Bertz CT molecular complexity index is 1170. The van der Waals surface area contributed by atoms with Crippen LogP contribution < -0.4 is 10.6 Å². The minimum Gasteiger partial charge on any atom is -0.341 e. The lowest BCUT2D eigenvalue weighted by molar-refractivity contribution is -0.137. The predicted molar refractivity (Wildman–Crippen MR) is 122 cm³/mol. The van der Waals surface area contributed by atoms with Gasteiger partial charge < -0.3 is 5.32 Å². The van der Waals surface area contributed by atoms with Crippen LogP contribution in [0.2, 0.25) is 10.2 Å². The molecule has 1 aliphatic rings. The van der Waals surface area contributed by atoms with Crippen molar-refractivity contribution in [1.82, 2.24) is 20.5 Å². The number of nitrogens with zero attached hydrogens (tertiary/aromatic N) is 2. The van der Waals surface area contributed by atoms with Crippen LogP contribution in [0.25, 0.3) is 0 Å². The molecule has 1 atom stereocenters. The Balaban J connectivity index is 1.65. The highest BCUT2D eigenvalue weighted by atomic mass is 35.5. The first-order valence-electron chi connectivity index (χ1n) is 9.98. The van der Waals surface area contributed by atoms with Crippen molar-refractivity contribution in [2.24, 2.45) is 0 Å². The summed E-state index contributed by atoms with van der Waals surface area (Å²) in [7, 11) is 1.76. The Kier molecular flexibility index (Phi) is 8.17. The summed E-state index contributed by atoms with van der Waals surface area (Å²) in [4.78, 5) is 52.8. The zero-order valence-electron chi connectivity index (χ0n) is 17.7. The van der Waals surface area contributed by atoms with Crippen molar-refractivity contribution in [2.45, 2.75) is 32.0 Å². The second kappa shape index (κ2) is 11.1. The van der Waals surface area contributed by atoms with E-state index in [0.29, 0.717) is 34.7 Å². The fourth-order valence-electron chi connectivity index (χ4n) is 3.35. The van der Waals surface area contributed by atoms with Crippen LogP contribution >= 0.6 is 23.2 Å². The van der Waals surface area contributed by atoms with Crippen molar-refractivity contribution in [1.29, 1.82) is 0 Å². The largest absolute Gasteiger partial charge is 0.341 e. The molecule has 1 unspecified atom stereocenters. The van der Waals surface area contributed by atoms with E-state index in [-0.39, 0.29) is 29.9 Å². The maximum Gasteiger partial charge on any atom is 0.296 e. The molecule has 3 amide bonds. The first-order valence-corrected chi connectivity index (χ1v) is 10.7. The van der Waals surface area contributed by atoms with Crippen LogP contribution in [0.5, 0.6) is 0 Å². The average Bonchev–Trinajstić information content (AvgIpc) is 2.77. The summed E-state index contributed by atoms with van der Waals surface area (Å²) in [5.41, 5.74) is 2.32. The number of carbonyl (C=O) groups excluding carboxylic acids is 4. The Labute approximate surface area is 200 Å². The van der Waals surface area contributed by atoms with Crippen molar-refractivity contribution < 1.29 is 19.2 Å². The summed E-state index contributed by atoms with van der Waals surface area (Å²) in [5, 5.41) is 5.54. The number of carbonyl (C=O) groups is 4. The summed E-state index contributed by atoms with van der Waals surface area (Å²) >= 11 is 11.8. The van der Waals surface area contributed by atoms with Crippen molar-refractivity contribution in [3.63, 3.8) is 0 Å². The molecule has 33 heavy (non-hydrogen) atoms. The Morgan fingerprint density at radius 2 is 2.12 bits per heavy atom. The number of amides is 3. The van der Waals surface area contributed by atoms with Gasteiger partial charge in [-0.3, -0.25) is 29.4 Å². The molecule has 0 spiro atoms. The number of pyridine rings is 1. The quantitative estimate of drug-likeness (QED) is 0.280. The summed E-state index contributed by atoms with van der Waals surface area (Å²) in [6.07, 6.45) is 2.81. The summed E-state index contributed by atoms with van der Waals surface area (Å²) in [6, 6.07) is 6.15. The van der Waals surface area contributed by atoms with E-state index in [1.807, 2.05) is 0 Å². The molecule has 1 aromatic carbocycles. The lowest BCUT2D eigenvalue weighted by Gasteiger charge is -2.30. The standard InChI is InChI=1S/C23H20Cl2N4O4/c1-29(19-5-7-22(32)28-23(19)33)12-17-8-14(2-3-16(17)13-30)10-27-21(31)6-4-15-11-26-20(25)9-18(15)24/h2-3,8-9,11,13,19H,5,7,10,12H2,1H3,(H,27,31)(H,28,32,33). The van der Waals surface area contributed by atoms with Crippen LogP contribution in [-0.4, -0.2) is 47.0 Å². The molecule has 3 rings (SSSR count). The monoisotopic (exact) mass is 486 g/mol. The molecule has 1 fully saturated rings. The van der Waals surface area contributed by atoms with Crippen molar-refractivity contribution >= 4 is 47.2 Å². The van der Waals surface area contributed by atoms with Gasteiger partial charge in [0.05, 0.1) is 16.6 Å². The van der Waals surface area contributed by atoms with E-state index in [1.54, 1.807) is 30.1 Å². The summed E-state index contributed by atoms with van der Waals surface area (Å²) in [6.45, 7) is 0.512. The number of rotatable bonds is 6. The first kappa shape index (κ1) is 24.4. The molecule has 2 heterocycles. The van der Waals surface area contributed by atoms with Crippen LogP contribution in [0, 0.1) is 11.8 Å². The molecule has 0 saturated carbocycles. The van der Waals surface area contributed by atoms with Crippen LogP contribution in [0.15, 0.2) is 30.5 Å². The molecule has 1 saturated heterocycles. The second-order valence-corrected chi connectivity index (χ2v) is 8.25. The van der Waals surface area contributed by atoms with Gasteiger partial charge in [-0.15, -0.1) is 0 Å². The van der Waals surface area contributed by atoms with E-state index in [0.717, 1.165) is 11.8 Å². The van der Waals surface area contributed by atoms with Gasteiger partial charge in [0.15, 0.2) is 0 Å². The van der Waals surface area contributed by atoms with E-state index < -0.39 is 11.9 Å². The van der Waals surface area contributed by atoms with Crippen LogP contribution in [-0.2, 0) is 27.5 Å². The predicted octanol–water partition coefficient (Wildman–Crippen LogP) is 2.11. The number of nitrogens with one attached hydrogen (secondary N) is 2. The zero-order chi connectivity index (χ0) is 24.0. The Hall–Kier alpha value is -3.25. The first-order chi connectivity index (χ1) is 15.8. The highest BCUT2D eigenvalue weighted by molar-refractivity contribution is 6.34. The summed E-state index contributed by atoms with van der Waals surface area (Å²) < 4.78 is 0. The third-order valence-corrected chi connectivity index (χ3v) is 5.60. The van der Waals surface area contributed by atoms with Crippen molar-refractivity contribution in [2.75, 3.05) is 7.05 Å². The SMILES string of the molecule is CN(Cc1cc(CNC(=O)C#Cc2cnc(Cl)cc2Cl)ccc1C=O)C1CCC(=O)NC1=O. The zero-order valence-corrected chi connectivity index (χ0v) is 19.2. The molecule has 0 radical (unpaired) electrons. The van der Waals surface area contributed by atoms with Gasteiger partial charge in [-0.05, 0) is 30.7 Å². The lowest BCUT2D eigenvalue weighted by Crippen LogP contribution is -2.51. The van der Waals surface area contributed by atoms with Gasteiger partial charge in [-0.2, -0.15) is 0 Å². The molecule has 0 aliphatic carbocycles. The number of aldehydes is 1. The van der Waals surface area contributed by atoms with E-state index in [9.17, 15) is 19.2 Å². The van der Waals surface area contributed by atoms with Crippen LogP contribution in [0.3, 0.4) is 0 Å². The molecular formula is C23H20Cl2N4O4. The number of hydrogen-bond acceptors (Lipinski definition) is 6. The number of aromatic nitrogens is 1. The molecule has 1 aromatic heterocycles. The molecule has 0 bridgehead atoms. The van der Waals surface area contributed by atoms with Gasteiger partial charge in [-0.1, -0.05) is 47.3 Å². The lowest BCUT2D eigenvalue weighted by atomic mass is 10.0. The van der Waals surface area contributed by atoms with Gasteiger partial charge in [0, 0.05) is 37.2 Å². The maximum absolute atomic E-state index is 12.1. The topological polar surface area (TPSA) is 108 Å². The van der Waals surface area contributed by atoms with Gasteiger partial charge >= 0.3 is 0 Å². The smallest absolute Gasteiger partial charge is 0.296 e. The van der Waals surface area contributed by atoms with Gasteiger partial charge in [0.25, 0.3) is 5.91 Å². The Morgan fingerprint density at radius 1 is 1.33 bits per heavy atom. The van der Waals surface area contributed by atoms with Crippen LogP contribution in [0.4, 0.5) is 0 Å².